The van der Waals surface area contributed by atoms with E-state index in [1.165, 1.54) is 0 Å². The fraction of sp³-hybridized carbons (Fsp3) is 0.304. The molecule has 0 radical (unpaired) electrons. The van der Waals surface area contributed by atoms with Crippen molar-refractivity contribution in [2.45, 2.75) is 32.2 Å². The quantitative estimate of drug-likeness (QED) is 0.592. The van der Waals surface area contributed by atoms with Crippen molar-refractivity contribution in [1.82, 2.24) is 4.90 Å². The first-order valence-electron chi connectivity index (χ1n) is 9.67. The molecule has 1 aliphatic rings. The van der Waals surface area contributed by atoms with Crippen LogP contribution >= 0.6 is 0 Å². The second kappa shape index (κ2) is 7.50. The summed E-state index contributed by atoms with van der Waals surface area (Å²) in [5.41, 5.74) is 1.51. The smallest absolute Gasteiger partial charge is 0.290 e. The van der Waals surface area contributed by atoms with Gasteiger partial charge in [-0.15, -0.1) is 0 Å². The van der Waals surface area contributed by atoms with Crippen LogP contribution in [-0.4, -0.2) is 24.5 Å². The third-order valence-corrected chi connectivity index (χ3v) is 5.20. The minimum atomic E-state index is -0.484. The topological polar surface area (TPSA) is 59.8 Å². The minimum Gasteiger partial charge on any atom is -0.494 e. The zero-order valence-electron chi connectivity index (χ0n) is 16.1. The SMILES string of the molecule is CCCCCOc1cccc(C2c3c(oc4ccccc4c3=O)C(=O)N2C)c1. The summed E-state index contributed by atoms with van der Waals surface area (Å²) in [6.07, 6.45) is 3.26. The Morgan fingerprint density at radius 2 is 1.89 bits per heavy atom. The van der Waals surface area contributed by atoms with E-state index < -0.39 is 6.04 Å². The van der Waals surface area contributed by atoms with Crippen LogP contribution in [0.1, 0.15) is 53.9 Å². The molecule has 3 aromatic rings. The molecule has 0 aliphatic carbocycles. The van der Waals surface area contributed by atoms with Gasteiger partial charge in [0.2, 0.25) is 5.76 Å². The van der Waals surface area contributed by atoms with Gasteiger partial charge in [-0.05, 0) is 36.2 Å². The Kier molecular flexibility index (Phi) is 4.90. The Morgan fingerprint density at radius 3 is 2.71 bits per heavy atom. The van der Waals surface area contributed by atoms with Crippen molar-refractivity contribution in [1.29, 1.82) is 0 Å². The average Bonchev–Trinajstić information content (AvgIpc) is 2.97. The molecule has 0 spiro atoms. The highest BCUT2D eigenvalue weighted by Gasteiger charge is 2.40. The first-order valence-corrected chi connectivity index (χ1v) is 9.67. The number of para-hydroxylation sites is 1. The fourth-order valence-corrected chi connectivity index (χ4v) is 3.74. The molecule has 5 heteroatoms. The van der Waals surface area contributed by atoms with Crippen LogP contribution in [0, 0.1) is 0 Å². The Hall–Kier alpha value is -3.08. The van der Waals surface area contributed by atoms with E-state index >= 15 is 0 Å². The van der Waals surface area contributed by atoms with Crippen molar-refractivity contribution in [3.8, 4) is 5.75 Å². The molecule has 0 fully saturated rings. The van der Waals surface area contributed by atoms with Crippen LogP contribution in [-0.2, 0) is 0 Å². The molecule has 1 aliphatic heterocycles. The normalized spacial score (nSPS) is 15.9. The van der Waals surface area contributed by atoms with Gasteiger partial charge >= 0.3 is 0 Å². The van der Waals surface area contributed by atoms with Gasteiger partial charge in [-0.25, -0.2) is 0 Å². The Bertz CT molecular complexity index is 1090. The van der Waals surface area contributed by atoms with E-state index in [2.05, 4.69) is 6.92 Å². The third-order valence-electron chi connectivity index (χ3n) is 5.20. The van der Waals surface area contributed by atoms with E-state index in [1.54, 1.807) is 36.2 Å². The summed E-state index contributed by atoms with van der Waals surface area (Å²) in [4.78, 5) is 27.5. The number of unbranched alkanes of at least 4 members (excludes halogenated alkanes) is 2. The first kappa shape index (κ1) is 18.3. The van der Waals surface area contributed by atoms with E-state index in [4.69, 9.17) is 9.15 Å². The molecular formula is C23H23NO4. The van der Waals surface area contributed by atoms with Crippen molar-refractivity contribution in [2.24, 2.45) is 0 Å². The van der Waals surface area contributed by atoms with E-state index in [0.29, 0.717) is 23.1 Å². The molecule has 0 saturated carbocycles. The van der Waals surface area contributed by atoms with Gasteiger partial charge in [0.1, 0.15) is 11.3 Å². The van der Waals surface area contributed by atoms with Crippen LogP contribution in [0.15, 0.2) is 57.7 Å². The number of rotatable bonds is 6. The zero-order valence-corrected chi connectivity index (χ0v) is 16.1. The fourth-order valence-electron chi connectivity index (χ4n) is 3.74. The molecule has 2 aromatic carbocycles. The monoisotopic (exact) mass is 377 g/mol. The minimum absolute atomic E-state index is 0.130. The maximum Gasteiger partial charge on any atom is 0.290 e. The van der Waals surface area contributed by atoms with Gasteiger partial charge in [-0.1, -0.05) is 44.0 Å². The van der Waals surface area contributed by atoms with Gasteiger partial charge < -0.3 is 14.1 Å². The number of hydrogen-bond acceptors (Lipinski definition) is 4. The first-order chi connectivity index (χ1) is 13.6. The molecule has 1 amide bonds. The lowest BCUT2D eigenvalue weighted by atomic mass is 9.98. The van der Waals surface area contributed by atoms with Gasteiger partial charge in [0.05, 0.1) is 23.6 Å². The van der Waals surface area contributed by atoms with Crippen molar-refractivity contribution in [3.63, 3.8) is 0 Å². The number of carbonyl (C=O) groups excluding carboxylic acids is 1. The molecule has 0 saturated heterocycles. The van der Waals surface area contributed by atoms with Crippen LogP contribution in [0.5, 0.6) is 5.75 Å². The number of fused-ring (bicyclic) bond motifs is 2. The molecule has 5 nitrogen and oxygen atoms in total. The summed E-state index contributed by atoms with van der Waals surface area (Å²) in [6, 6.07) is 14.2. The molecule has 0 N–H and O–H groups in total. The average molecular weight is 377 g/mol. The molecular weight excluding hydrogens is 354 g/mol. The summed E-state index contributed by atoms with van der Waals surface area (Å²) >= 11 is 0. The third kappa shape index (κ3) is 3.07. The largest absolute Gasteiger partial charge is 0.494 e. The summed E-state index contributed by atoms with van der Waals surface area (Å²) in [5.74, 6) is 0.593. The number of nitrogens with zero attached hydrogens (tertiary/aromatic N) is 1. The Balaban J connectivity index is 1.75. The number of amides is 1. The van der Waals surface area contributed by atoms with Gasteiger partial charge in [0.25, 0.3) is 5.91 Å². The molecule has 0 bridgehead atoms. The van der Waals surface area contributed by atoms with Crippen molar-refractivity contribution in [3.05, 3.63) is 75.6 Å². The van der Waals surface area contributed by atoms with Crippen LogP contribution < -0.4 is 10.2 Å². The number of hydrogen-bond donors (Lipinski definition) is 0. The van der Waals surface area contributed by atoms with Crippen LogP contribution in [0.2, 0.25) is 0 Å². The van der Waals surface area contributed by atoms with Gasteiger partial charge in [-0.2, -0.15) is 0 Å². The summed E-state index contributed by atoms with van der Waals surface area (Å²) in [7, 11) is 1.70. The molecule has 1 atom stereocenters. The van der Waals surface area contributed by atoms with Crippen molar-refractivity contribution < 1.29 is 13.9 Å². The highest BCUT2D eigenvalue weighted by atomic mass is 16.5. The van der Waals surface area contributed by atoms with Crippen LogP contribution in [0.3, 0.4) is 0 Å². The lowest BCUT2D eigenvalue weighted by Crippen LogP contribution is -2.25. The second-order valence-corrected chi connectivity index (χ2v) is 7.12. The summed E-state index contributed by atoms with van der Waals surface area (Å²) in [6.45, 7) is 2.81. The predicted octanol–water partition coefficient (Wildman–Crippen LogP) is 4.54. The van der Waals surface area contributed by atoms with Gasteiger partial charge in [0.15, 0.2) is 5.43 Å². The van der Waals surface area contributed by atoms with E-state index in [1.807, 2.05) is 24.3 Å². The molecule has 144 valence electrons. The number of carbonyl (C=O) groups is 1. The highest BCUT2D eigenvalue weighted by molar-refractivity contribution is 5.98. The van der Waals surface area contributed by atoms with Gasteiger partial charge in [0, 0.05) is 7.05 Å². The Morgan fingerprint density at radius 1 is 1.07 bits per heavy atom. The molecule has 1 unspecified atom stereocenters. The molecule has 28 heavy (non-hydrogen) atoms. The van der Waals surface area contributed by atoms with Gasteiger partial charge in [-0.3, -0.25) is 9.59 Å². The number of ether oxygens (including phenoxy) is 1. The zero-order chi connectivity index (χ0) is 19.7. The molecule has 4 rings (SSSR count). The maximum absolute atomic E-state index is 13.2. The van der Waals surface area contributed by atoms with E-state index in [9.17, 15) is 9.59 Å². The summed E-state index contributed by atoms with van der Waals surface area (Å²) < 4.78 is 11.7. The van der Waals surface area contributed by atoms with Crippen LogP contribution in [0.25, 0.3) is 11.0 Å². The second-order valence-electron chi connectivity index (χ2n) is 7.12. The summed E-state index contributed by atoms with van der Waals surface area (Å²) in [5, 5.41) is 0.487. The predicted molar refractivity (Wildman–Crippen MR) is 108 cm³/mol. The van der Waals surface area contributed by atoms with Crippen LogP contribution in [0.4, 0.5) is 0 Å². The highest BCUT2D eigenvalue weighted by Crippen LogP contribution is 2.37. The standard InChI is InChI=1S/C23H23NO4/c1-3-4-7-13-27-16-10-8-9-15(14-16)20-19-21(25)17-11-5-6-12-18(17)28-22(19)23(26)24(20)2/h5-6,8-12,14,20H,3-4,7,13H2,1-2H3. The van der Waals surface area contributed by atoms with E-state index in [0.717, 1.165) is 30.6 Å². The maximum atomic E-state index is 13.2. The molecule has 1 aromatic heterocycles. The Labute approximate surface area is 163 Å². The van der Waals surface area contributed by atoms with Crippen molar-refractivity contribution in [2.75, 3.05) is 13.7 Å². The number of benzene rings is 2. The lowest BCUT2D eigenvalue weighted by Gasteiger charge is -2.21. The van der Waals surface area contributed by atoms with E-state index in [-0.39, 0.29) is 17.1 Å². The van der Waals surface area contributed by atoms with Crippen molar-refractivity contribution >= 4 is 16.9 Å². The molecule has 2 heterocycles. The lowest BCUT2D eigenvalue weighted by molar-refractivity contribution is 0.0771.